The first-order valence-corrected chi connectivity index (χ1v) is 9.57. The minimum absolute atomic E-state index is 0.0941. The van der Waals surface area contributed by atoms with Crippen LogP contribution in [0.15, 0.2) is 18.3 Å². The highest BCUT2D eigenvalue weighted by atomic mass is 16.4. The van der Waals surface area contributed by atoms with E-state index in [-0.39, 0.29) is 42.8 Å². The summed E-state index contributed by atoms with van der Waals surface area (Å²) in [6.07, 6.45) is 1.26. The Labute approximate surface area is 168 Å². The Morgan fingerprint density at radius 2 is 1.97 bits per heavy atom. The normalized spacial score (nSPS) is 25.4. The Hall–Kier alpha value is -3.01. The molecule has 2 aliphatic rings. The first kappa shape index (κ1) is 20.7. The van der Waals surface area contributed by atoms with Crippen molar-refractivity contribution in [3.05, 3.63) is 23.9 Å². The molecule has 0 aromatic carbocycles. The molecule has 0 bridgehead atoms. The van der Waals surface area contributed by atoms with Crippen LogP contribution in [-0.4, -0.2) is 75.4 Å². The Balaban J connectivity index is 1.62. The zero-order chi connectivity index (χ0) is 21.1. The highest BCUT2D eigenvalue weighted by molar-refractivity contribution is 6.01. The lowest BCUT2D eigenvalue weighted by molar-refractivity contribution is -0.134. The number of piperidine rings is 1. The SMILES string of the molecule is CC1CN(C(=O)O)CC(C)N1CC(=O)Nc1cc(C2CCC(=O)NC2=O)ccn1. The summed E-state index contributed by atoms with van der Waals surface area (Å²) in [4.78, 5) is 54.6. The van der Waals surface area contributed by atoms with Crippen molar-refractivity contribution in [2.75, 3.05) is 25.0 Å². The van der Waals surface area contributed by atoms with E-state index in [4.69, 9.17) is 0 Å². The molecule has 0 aliphatic carbocycles. The van der Waals surface area contributed by atoms with Crippen molar-refractivity contribution in [1.82, 2.24) is 20.1 Å². The maximum atomic E-state index is 12.5. The molecule has 2 fully saturated rings. The van der Waals surface area contributed by atoms with Crippen LogP contribution in [-0.2, 0) is 14.4 Å². The summed E-state index contributed by atoms with van der Waals surface area (Å²) in [5.74, 6) is -0.999. The second-order valence-corrected chi connectivity index (χ2v) is 7.58. The van der Waals surface area contributed by atoms with Crippen molar-refractivity contribution in [1.29, 1.82) is 0 Å². The Kier molecular flexibility index (Phi) is 6.12. The number of carboxylic acid groups (broad SMARTS) is 1. The molecule has 3 atom stereocenters. The second kappa shape index (κ2) is 8.56. The van der Waals surface area contributed by atoms with Gasteiger partial charge in [-0.1, -0.05) is 0 Å². The quantitative estimate of drug-likeness (QED) is 0.628. The van der Waals surface area contributed by atoms with Crippen LogP contribution in [0.5, 0.6) is 0 Å². The number of amides is 4. The molecule has 3 rings (SSSR count). The van der Waals surface area contributed by atoms with E-state index in [0.29, 0.717) is 30.9 Å². The van der Waals surface area contributed by atoms with E-state index in [0.717, 1.165) is 0 Å². The van der Waals surface area contributed by atoms with E-state index in [9.17, 15) is 24.3 Å². The van der Waals surface area contributed by atoms with Gasteiger partial charge in [0.15, 0.2) is 0 Å². The van der Waals surface area contributed by atoms with Gasteiger partial charge < -0.3 is 15.3 Å². The molecule has 29 heavy (non-hydrogen) atoms. The van der Waals surface area contributed by atoms with Gasteiger partial charge in [0.25, 0.3) is 0 Å². The summed E-state index contributed by atoms with van der Waals surface area (Å²) in [5.41, 5.74) is 0.692. The van der Waals surface area contributed by atoms with Crippen LogP contribution in [0.3, 0.4) is 0 Å². The maximum Gasteiger partial charge on any atom is 0.407 e. The minimum atomic E-state index is -0.956. The fraction of sp³-hybridized carbons (Fsp3) is 0.526. The third-order valence-corrected chi connectivity index (χ3v) is 5.39. The van der Waals surface area contributed by atoms with Crippen LogP contribution in [0.2, 0.25) is 0 Å². The zero-order valence-corrected chi connectivity index (χ0v) is 16.4. The van der Waals surface area contributed by atoms with E-state index in [2.05, 4.69) is 15.6 Å². The van der Waals surface area contributed by atoms with Gasteiger partial charge in [-0.25, -0.2) is 9.78 Å². The lowest BCUT2D eigenvalue weighted by atomic mass is 9.91. The van der Waals surface area contributed by atoms with Crippen molar-refractivity contribution in [3.8, 4) is 0 Å². The fourth-order valence-electron chi connectivity index (χ4n) is 3.92. The number of hydrogen-bond donors (Lipinski definition) is 3. The maximum absolute atomic E-state index is 12.5. The van der Waals surface area contributed by atoms with Gasteiger partial charge in [-0.15, -0.1) is 0 Å². The molecule has 156 valence electrons. The molecule has 10 nitrogen and oxygen atoms in total. The molecule has 1 aromatic heterocycles. The number of imide groups is 1. The van der Waals surface area contributed by atoms with Gasteiger partial charge in [-0.3, -0.25) is 24.6 Å². The van der Waals surface area contributed by atoms with Crippen LogP contribution < -0.4 is 10.6 Å². The molecule has 2 aliphatic heterocycles. The van der Waals surface area contributed by atoms with E-state index in [1.165, 1.54) is 11.1 Å². The molecule has 3 heterocycles. The number of anilines is 1. The second-order valence-electron chi connectivity index (χ2n) is 7.58. The van der Waals surface area contributed by atoms with E-state index in [1.807, 2.05) is 18.7 Å². The van der Waals surface area contributed by atoms with Gasteiger partial charge in [-0.05, 0) is 38.0 Å². The number of rotatable bonds is 4. The van der Waals surface area contributed by atoms with Crippen LogP contribution in [0.25, 0.3) is 0 Å². The largest absolute Gasteiger partial charge is 0.465 e. The van der Waals surface area contributed by atoms with E-state index < -0.39 is 12.0 Å². The average Bonchev–Trinajstić information content (AvgIpc) is 2.64. The molecule has 3 unspecified atom stereocenters. The van der Waals surface area contributed by atoms with Crippen molar-refractivity contribution in [2.45, 2.75) is 44.7 Å². The van der Waals surface area contributed by atoms with Crippen molar-refractivity contribution in [2.24, 2.45) is 0 Å². The average molecular weight is 403 g/mol. The van der Waals surface area contributed by atoms with Crippen molar-refractivity contribution < 1.29 is 24.3 Å². The topological polar surface area (TPSA) is 132 Å². The molecular formula is C19H25N5O5. The highest BCUT2D eigenvalue weighted by Gasteiger charge is 2.33. The third-order valence-electron chi connectivity index (χ3n) is 5.39. The summed E-state index contributed by atoms with van der Waals surface area (Å²) < 4.78 is 0. The van der Waals surface area contributed by atoms with Gasteiger partial charge in [0.2, 0.25) is 17.7 Å². The van der Waals surface area contributed by atoms with Gasteiger partial charge in [-0.2, -0.15) is 0 Å². The predicted octanol–water partition coefficient (Wildman–Crippen LogP) is 0.613. The number of aromatic nitrogens is 1. The number of pyridine rings is 1. The van der Waals surface area contributed by atoms with E-state index >= 15 is 0 Å². The monoisotopic (exact) mass is 403 g/mol. The molecule has 2 saturated heterocycles. The number of nitrogens with one attached hydrogen (secondary N) is 2. The summed E-state index contributed by atoms with van der Waals surface area (Å²) in [6, 6.07) is 3.16. The fourth-order valence-corrected chi connectivity index (χ4v) is 3.92. The van der Waals surface area contributed by atoms with Crippen LogP contribution in [0.1, 0.15) is 38.2 Å². The summed E-state index contributed by atoms with van der Waals surface area (Å²) in [5, 5.41) is 14.2. The molecule has 0 spiro atoms. The van der Waals surface area contributed by atoms with Crippen LogP contribution in [0.4, 0.5) is 10.6 Å². The number of carbonyl (C=O) groups is 4. The number of nitrogens with zero attached hydrogens (tertiary/aromatic N) is 3. The molecule has 4 amide bonds. The van der Waals surface area contributed by atoms with Crippen LogP contribution >= 0.6 is 0 Å². The first-order chi connectivity index (χ1) is 13.7. The third kappa shape index (κ3) is 4.89. The molecule has 10 heteroatoms. The molecular weight excluding hydrogens is 378 g/mol. The van der Waals surface area contributed by atoms with Gasteiger partial charge in [0, 0.05) is 37.8 Å². The predicted molar refractivity (Wildman–Crippen MR) is 103 cm³/mol. The van der Waals surface area contributed by atoms with Gasteiger partial charge in [0.05, 0.1) is 12.5 Å². The van der Waals surface area contributed by atoms with Crippen molar-refractivity contribution in [3.63, 3.8) is 0 Å². The Morgan fingerprint density at radius 3 is 2.59 bits per heavy atom. The summed E-state index contributed by atoms with van der Waals surface area (Å²) >= 11 is 0. The van der Waals surface area contributed by atoms with Gasteiger partial charge >= 0.3 is 6.09 Å². The number of hydrogen-bond acceptors (Lipinski definition) is 6. The minimum Gasteiger partial charge on any atom is -0.465 e. The number of piperazine rings is 1. The van der Waals surface area contributed by atoms with Crippen molar-refractivity contribution >= 4 is 29.6 Å². The number of carbonyl (C=O) groups excluding carboxylic acids is 3. The lowest BCUT2D eigenvalue weighted by Crippen LogP contribution is -2.59. The van der Waals surface area contributed by atoms with Crippen LogP contribution in [0, 0.1) is 0 Å². The van der Waals surface area contributed by atoms with Gasteiger partial charge in [0.1, 0.15) is 5.82 Å². The summed E-state index contributed by atoms with van der Waals surface area (Å²) in [6.45, 7) is 4.58. The molecule has 0 radical (unpaired) electrons. The molecule has 0 saturated carbocycles. The Morgan fingerprint density at radius 1 is 1.28 bits per heavy atom. The highest BCUT2D eigenvalue weighted by Crippen LogP contribution is 2.26. The first-order valence-electron chi connectivity index (χ1n) is 9.57. The standard InChI is InChI=1S/C19H25N5O5/c1-11-8-23(19(28)29)9-12(2)24(11)10-17(26)21-15-7-13(5-6-20-15)14-3-4-16(25)22-18(14)27/h5-7,11-12,14H,3-4,8-10H2,1-2H3,(H,28,29)(H,20,21,26)(H,22,25,27). The smallest absolute Gasteiger partial charge is 0.407 e. The lowest BCUT2D eigenvalue weighted by Gasteiger charge is -2.42. The Bertz CT molecular complexity index is 817. The summed E-state index contributed by atoms with van der Waals surface area (Å²) in [7, 11) is 0. The zero-order valence-electron chi connectivity index (χ0n) is 16.4. The molecule has 1 aromatic rings. The molecule has 3 N–H and O–H groups in total. The van der Waals surface area contributed by atoms with E-state index in [1.54, 1.807) is 12.1 Å².